The number of aromatic nitrogens is 1. The fourth-order valence-corrected chi connectivity index (χ4v) is 3.21. The average molecular weight is 351 g/mol. The van der Waals surface area contributed by atoms with Gasteiger partial charge < -0.3 is 9.47 Å². The number of carbonyl (C=O) groups excluding carboxylic acids is 1. The van der Waals surface area contributed by atoms with E-state index in [1.807, 2.05) is 53.9 Å². The van der Waals surface area contributed by atoms with Gasteiger partial charge in [-0.2, -0.15) is 0 Å². The number of hydrogen-bond acceptors (Lipinski definition) is 5. The molecule has 0 unspecified atom stereocenters. The minimum absolute atomic E-state index is 0.410. The minimum Gasteiger partial charge on any atom is -0.481 e. The smallest absolute Gasteiger partial charge is 0.330 e. The number of ether oxygens (including phenoxy) is 2. The third kappa shape index (κ3) is 3.78. The first-order valence-corrected chi connectivity index (χ1v) is 8.55. The molecule has 0 atom stereocenters. The molecule has 1 aromatic carbocycles. The van der Waals surface area contributed by atoms with Crippen molar-refractivity contribution < 1.29 is 14.3 Å². The van der Waals surface area contributed by atoms with Crippen LogP contribution in [0.4, 0.5) is 0 Å². The molecule has 0 saturated carbocycles. The van der Waals surface area contributed by atoms with Crippen LogP contribution < -0.4 is 4.74 Å². The molecule has 0 N–H and O–H groups in total. The lowest BCUT2D eigenvalue weighted by molar-refractivity contribution is -0.134. The zero-order chi connectivity index (χ0) is 17.6. The summed E-state index contributed by atoms with van der Waals surface area (Å²) >= 11 is 1.59. The third-order valence-corrected chi connectivity index (χ3v) is 4.55. The summed E-state index contributed by atoms with van der Waals surface area (Å²) in [5.74, 6) is 0.115. The standard InChI is InChI=1S/C20H17NO3S/c1-23-18-13-16(14-7-4-3-5-8-14)15(10-11-19(22)24-2)20(21-18)17-9-6-12-25-17/h3-13H,1-2H3/b11-10-. The molecule has 4 nitrogen and oxygen atoms in total. The van der Waals surface area contributed by atoms with E-state index in [0.29, 0.717) is 5.88 Å². The van der Waals surface area contributed by atoms with Crippen molar-refractivity contribution in [2.45, 2.75) is 0 Å². The Morgan fingerprint density at radius 3 is 2.56 bits per heavy atom. The normalized spacial score (nSPS) is 10.8. The number of benzene rings is 1. The Morgan fingerprint density at radius 1 is 1.12 bits per heavy atom. The van der Waals surface area contributed by atoms with Crippen LogP contribution in [0.1, 0.15) is 5.56 Å². The third-order valence-electron chi connectivity index (χ3n) is 3.67. The molecule has 5 heteroatoms. The molecule has 2 aromatic heterocycles. The van der Waals surface area contributed by atoms with Crippen LogP contribution in [0.5, 0.6) is 5.88 Å². The monoisotopic (exact) mass is 351 g/mol. The predicted molar refractivity (Wildman–Crippen MR) is 101 cm³/mol. The van der Waals surface area contributed by atoms with Crippen LogP contribution in [0.2, 0.25) is 0 Å². The first-order chi connectivity index (χ1) is 12.2. The second-order valence-electron chi connectivity index (χ2n) is 5.17. The fraction of sp³-hybridized carbons (Fsp3) is 0.100. The molecule has 0 spiro atoms. The Kier molecular flexibility index (Phi) is 5.26. The first-order valence-electron chi connectivity index (χ1n) is 7.67. The first kappa shape index (κ1) is 16.9. The van der Waals surface area contributed by atoms with E-state index in [1.54, 1.807) is 24.5 Å². The molecule has 3 rings (SSSR count). The predicted octanol–water partition coefficient (Wildman–Crippen LogP) is 4.67. The SMILES string of the molecule is COC(=O)/C=C\c1c(-c2ccccc2)cc(OC)nc1-c1cccs1. The largest absolute Gasteiger partial charge is 0.481 e. The molecule has 0 radical (unpaired) electrons. The summed E-state index contributed by atoms with van der Waals surface area (Å²) in [5.41, 5.74) is 3.58. The number of pyridine rings is 1. The molecule has 0 aliphatic carbocycles. The highest BCUT2D eigenvalue weighted by Gasteiger charge is 2.15. The number of rotatable bonds is 5. The van der Waals surface area contributed by atoms with Gasteiger partial charge in [-0.15, -0.1) is 11.3 Å². The van der Waals surface area contributed by atoms with Crippen LogP contribution in [0.15, 0.2) is 60.0 Å². The summed E-state index contributed by atoms with van der Waals surface area (Å²) in [7, 11) is 2.95. The molecule has 25 heavy (non-hydrogen) atoms. The maximum absolute atomic E-state index is 11.6. The molecule has 2 heterocycles. The van der Waals surface area contributed by atoms with E-state index in [9.17, 15) is 4.79 Å². The van der Waals surface area contributed by atoms with Crippen molar-refractivity contribution in [2.75, 3.05) is 14.2 Å². The fourth-order valence-electron chi connectivity index (χ4n) is 2.48. The van der Waals surface area contributed by atoms with Gasteiger partial charge in [0.05, 0.1) is 24.8 Å². The topological polar surface area (TPSA) is 48.4 Å². The van der Waals surface area contributed by atoms with Crippen molar-refractivity contribution in [3.8, 4) is 27.6 Å². The number of carbonyl (C=O) groups is 1. The Morgan fingerprint density at radius 2 is 1.92 bits per heavy atom. The molecule has 0 amide bonds. The number of thiophene rings is 1. The summed E-state index contributed by atoms with van der Waals surface area (Å²) in [5, 5.41) is 1.99. The van der Waals surface area contributed by atoms with Gasteiger partial charge in [-0.05, 0) is 28.6 Å². The highest BCUT2D eigenvalue weighted by atomic mass is 32.1. The lowest BCUT2D eigenvalue weighted by Crippen LogP contribution is -1.98. The summed E-state index contributed by atoms with van der Waals surface area (Å²) in [6.07, 6.45) is 3.16. The van der Waals surface area contributed by atoms with Crippen LogP contribution in [-0.4, -0.2) is 25.2 Å². The molecule has 0 fully saturated rings. The Hall–Kier alpha value is -2.92. The highest BCUT2D eigenvalue weighted by Crippen LogP contribution is 2.36. The zero-order valence-corrected chi connectivity index (χ0v) is 14.7. The summed E-state index contributed by atoms with van der Waals surface area (Å²) in [6.45, 7) is 0. The zero-order valence-electron chi connectivity index (χ0n) is 13.9. The lowest BCUT2D eigenvalue weighted by atomic mass is 9.97. The van der Waals surface area contributed by atoms with Gasteiger partial charge in [0.1, 0.15) is 0 Å². The number of nitrogens with zero attached hydrogens (tertiary/aromatic N) is 1. The van der Waals surface area contributed by atoms with Gasteiger partial charge in [-0.3, -0.25) is 0 Å². The van der Waals surface area contributed by atoms with Gasteiger partial charge in [0.25, 0.3) is 0 Å². The average Bonchev–Trinajstić information content (AvgIpc) is 3.20. The molecule has 0 aliphatic rings. The van der Waals surface area contributed by atoms with Crippen LogP contribution in [0.25, 0.3) is 27.8 Å². The van der Waals surface area contributed by atoms with Crippen molar-refractivity contribution in [3.63, 3.8) is 0 Å². The molecule has 126 valence electrons. The summed E-state index contributed by atoms with van der Waals surface area (Å²) in [4.78, 5) is 17.2. The Labute approximate surface area is 150 Å². The lowest BCUT2D eigenvalue weighted by Gasteiger charge is -2.13. The van der Waals surface area contributed by atoms with Gasteiger partial charge in [0.2, 0.25) is 5.88 Å². The van der Waals surface area contributed by atoms with Gasteiger partial charge in [0, 0.05) is 17.7 Å². The minimum atomic E-state index is -0.410. The van der Waals surface area contributed by atoms with Crippen molar-refractivity contribution >= 4 is 23.4 Å². The molecule has 0 bridgehead atoms. The van der Waals surface area contributed by atoms with Crippen LogP contribution >= 0.6 is 11.3 Å². The Bertz CT molecular complexity index is 887. The van der Waals surface area contributed by atoms with E-state index in [1.165, 1.54) is 13.2 Å². The van der Waals surface area contributed by atoms with Crippen molar-refractivity contribution in [1.29, 1.82) is 0 Å². The van der Waals surface area contributed by atoms with E-state index >= 15 is 0 Å². The molecule has 3 aromatic rings. The second-order valence-corrected chi connectivity index (χ2v) is 6.12. The molecular weight excluding hydrogens is 334 g/mol. The summed E-state index contributed by atoms with van der Waals surface area (Å²) < 4.78 is 10.1. The number of hydrogen-bond donors (Lipinski definition) is 0. The van der Waals surface area contributed by atoms with Gasteiger partial charge in [0.15, 0.2) is 0 Å². The van der Waals surface area contributed by atoms with E-state index in [-0.39, 0.29) is 0 Å². The quantitative estimate of drug-likeness (QED) is 0.495. The van der Waals surface area contributed by atoms with Crippen LogP contribution in [0.3, 0.4) is 0 Å². The molecule has 0 aliphatic heterocycles. The number of methoxy groups -OCH3 is 2. The maximum atomic E-state index is 11.6. The maximum Gasteiger partial charge on any atom is 0.330 e. The Balaban J connectivity index is 2.26. The molecule has 0 saturated heterocycles. The van der Waals surface area contributed by atoms with Crippen molar-refractivity contribution in [2.24, 2.45) is 0 Å². The van der Waals surface area contributed by atoms with Crippen molar-refractivity contribution in [1.82, 2.24) is 4.98 Å². The van der Waals surface area contributed by atoms with Gasteiger partial charge >= 0.3 is 5.97 Å². The van der Waals surface area contributed by atoms with Gasteiger partial charge in [-0.1, -0.05) is 36.4 Å². The number of esters is 1. The van der Waals surface area contributed by atoms with Crippen molar-refractivity contribution in [3.05, 3.63) is 65.6 Å². The second kappa shape index (κ2) is 7.77. The van der Waals surface area contributed by atoms with E-state index < -0.39 is 5.97 Å². The van der Waals surface area contributed by atoms with Crippen LogP contribution in [-0.2, 0) is 9.53 Å². The van der Waals surface area contributed by atoms with E-state index in [0.717, 1.165) is 27.3 Å². The summed E-state index contributed by atoms with van der Waals surface area (Å²) in [6, 6.07) is 15.8. The van der Waals surface area contributed by atoms with Crippen LogP contribution in [0, 0.1) is 0 Å². The molecular formula is C20H17NO3S. The van der Waals surface area contributed by atoms with E-state index in [4.69, 9.17) is 9.47 Å². The van der Waals surface area contributed by atoms with Gasteiger partial charge in [-0.25, -0.2) is 9.78 Å². The van der Waals surface area contributed by atoms with E-state index in [2.05, 4.69) is 4.98 Å². The highest BCUT2D eigenvalue weighted by molar-refractivity contribution is 7.13.